The summed E-state index contributed by atoms with van der Waals surface area (Å²) in [6, 6.07) is 0. The van der Waals surface area contributed by atoms with Crippen LogP contribution < -0.4 is 0 Å². The molecule has 67 valence electrons. The minimum absolute atomic E-state index is 0.151. The van der Waals surface area contributed by atoms with Gasteiger partial charge in [0.05, 0.1) is 6.10 Å². The van der Waals surface area contributed by atoms with E-state index < -0.39 is 0 Å². The summed E-state index contributed by atoms with van der Waals surface area (Å²) >= 11 is 0. The number of aliphatic hydroxyl groups is 1. The Labute approximate surface area is 70.8 Å². The average molecular weight is 157 g/mol. The zero-order chi connectivity index (χ0) is 8.53. The largest absolute Gasteiger partial charge is 0.393 e. The zero-order valence-electron chi connectivity index (χ0n) is 7.84. The molecule has 0 aromatic carbocycles. The van der Waals surface area contributed by atoms with Crippen molar-refractivity contribution in [1.29, 1.82) is 0 Å². The number of hydrogen-bond donors (Lipinski definition) is 1. The van der Waals surface area contributed by atoms with Crippen molar-refractivity contribution in [2.75, 3.05) is 0 Å². The van der Waals surface area contributed by atoms with Crippen LogP contribution in [0.2, 0.25) is 0 Å². The Morgan fingerprint density at radius 1 is 1.18 bits per heavy atom. The van der Waals surface area contributed by atoms with Crippen LogP contribution in [0.1, 0.15) is 52.4 Å². The van der Waals surface area contributed by atoms with Crippen molar-refractivity contribution >= 4 is 0 Å². The summed E-state index contributed by atoms with van der Waals surface area (Å²) < 4.78 is 0. The van der Waals surface area contributed by atoms with Gasteiger partial charge in [-0.05, 0) is 19.3 Å². The maximum Gasteiger partial charge on any atom is 0.0572 e. The van der Waals surface area contributed by atoms with E-state index in [0.29, 0.717) is 0 Å². The van der Waals surface area contributed by atoms with Gasteiger partial charge < -0.3 is 5.11 Å². The Balaban J connectivity index is 3.02. The van der Waals surface area contributed by atoms with Crippen LogP contribution in [0.5, 0.6) is 0 Å². The second kappa shape index (κ2) is 8.06. The zero-order valence-corrected chi connectivity index (χ0v) is 7.84. The fourth-order valence-corrected chi connectivity index (χ4v) is 1.05. The number of hydrogen-bond acceptors (Lipinski definition) is 1. The molecule has 1 radical (unpaired) electrons. The van der Waals surface area contributed by atoms with Crippen molar-refractivity contribution in [2.45, 2.75) is 58.5 Å². The van der Waals surface area contributed by atoms with Gasteiger partial charge in [0, 0.05) is 0 Å². The van der Waals surface area contributed by atoms with Crippen LogP contribution >= 0.6 is 0 Å². The second-order valence-electron chi connectivity index (χ2n) is 3.09. The van der Waals surface area contributed by atoms with Crippen LogP contribution in [-0.2, 0) is 0 Å². The monoisotopic (exact) mass is 157 g/mol. The number of aliphatic hydroxyl groups excluding tert-OH is 1. The molecular formula is C10H21O. The molecule has 1 atom stereocenters. The van der Waals surface area contributed by atoms with Crippen molar-refractivity contribution in [1.82, 2.24) is 0 Å². The molecule has 0 saturated heterocycles. The normalized spacial score (nSPS) is 13.4. The van der Waals surface area contributed by atoms with Gasteiger partial charge in [-0.2, -0.15) is 0 Å². The van der Waals surface area contributed by atoms with E-state index in [1.165, 1.54) is 19.3 Å². The van der Waals surface area contributed by atoms with Crippen molar-refractivity contribution in [3.05, 3.63) is 6.42 Å². The topological polar surface area (TPSA) is 20.2 Å². The molecule has 1 heteroatoms. The van der Waals surface area contributed by atoms with Gasteiger partial charge in [0.15, 0.2) is 0 Å². The van der Waals surface area contributed by atoms with Crippen LogP contribution in [0.3, 0.4) is 0 Å². The molecule has 0 aromatic rings. The quantitative estimate of drug-likeness (QED) is 0.563. The Morgan fingerprint density at radius 3 is 2.36 bits per heavy atom. The highest BCUT2D eigenvalue weighted by Crippen LogP contribution is 2.07. The fraction of sp³-hybridized carbons (Fsp3) is 0.900. The van der Waals surface area contributed by atoms with E-state index >= 15 is 0 Å². The van der Waals surface area contributed by atoms with Crippen molar-refractivity contribution < 1.29 is 5.11 Å². The van der Waals surface area contributed by atoms with E-state index in [1.807, 2.05) is 6.42 Å². The molecule has 0 aromatic heterocycles. The molecule has 1 unspecified atom stereocenters. The van der Waals surface area contributed by atoms with Crippen molar-refractivity contribution in [3.8, 4) is 0 Å². The first-order valence-electron chi connectivity index (χ1n) is 4.82. The Hall–Kier alpha value is -0.0400. The molecule has 0 fully saturated rings. The summed E-state index contributed by atoms with van der Waals surface area (Å²) in [4.78, 5) is 0. The lowest BCUT2D eigenvalue weighted by Crippen LogP contribution is -2.06. The third kappa shape index (κ3) is 7.86. The SMILES string of the molecule is CCCC[CH]C(O)CCCC. The number of rotatable bonds is 7. The van der Waals surface area contributed by atoms with E-state index in [9.17, 15) is 5.11 Å². The van der Waals surface area contributed by atoms with E-state index in [4.69, 9.17) is 0 Å². The molecule has 1 N–H and O–H groups in total. The third-order valence-corrected chi connectivity index (χ3v) is 1.85. The minimum atomic E-state index is -0.151. The lowest BCUT2D eigenvalue weighted by molar-refractivity contribution is 0.188. The molecule has 0 saturated carbocycles. The van der Waals surface area contributed by atoms with Crippen molar-refractivity contribution in [3.63, 3.8) is 0 Å². The molecule has 0 aliphatic rings. The van der Waals surface area contributed by atoms with E-state index in [-0.39, 0.29) is 6.10 Å². The second-order valence-corrected chi connectivity index (χ2v) is 3.09. The standard InChI is InChI=1S/C10H21O/c1-3-5-7-9-10(11)8-6-4-2/h9-11H,3-8H2,1-2H3. The Bertz CT molecular complexity index is 71.3. The highest BCUT2D eigenvalue weighted by Gasteiger charge is 2.01. The van der Waals surface area contributed by atoms with Gasteiger partial charge in [0.2, 0.25) is 0 Å². The lowest BCUT2D eigenvalue weighted by Gasteiger charge is -2.07. The van der Waals surface area contributed by atoms with Gasteiger partial charge in [-0.1, -0.05) is 39.5 Å². The molecule has 0 heterocycles. The van der Waals surface area contributed by atoms with Crippen LogP contribution in [0.15, 0.2) is 0 Å². The third-order valence-electron chi connectivity index (χ3n) is 1.85. The summed E-state index contributed by atoms with van der Waals surface area (Å²) in [6.45, 7) is 4.32. The minimum Gasteiger partial charge on any atom is -0.393 e. The van der Waals surface area contributed by atoms with E-state index in [2.05, 4.69) is 13.8 Å². The molecular weight excluding hydrogens is 136 g/mol. The maximum absolute atomic E-state index is 9.35. The Morgan fingerprint density at radius 2 is 1.82 bits per heavy atom. The lowest BCUT2D eigenvalue weighted by atomic mass is 10.1. The van der Waals surface area contributed by atoms with Gasteiger partial charge in [0.1, 0.15) is 0 Å². The van der Waals surface area contributed by atoms with E-state index in [1.54, 1.807) is 0 Å². The van der Waals surface area contributed by atoms with Crippen LogP contribution in [0, 0.1) is 6.42 Å². The summed E-state index contributed by atoms with van der Waals surface area (Å²) in [7, 11) is 0. The molecule has 0 amide bonds. The average Bonchev–Trinajstić information content (AvgIpc) is 2.01. The van der Waals surface area contributed by atoms with Crippen LogP contribution in [-0.4, -0.2) is 11.2 Å². The van der Waals surface area contributed by atoms with Gasteiger partial charge in [-0.25, -0.2) is 0 Å². The highest BCUT2D eigenvalue weighted by atomic mass is 16.3. The molecule has 1 nitrogen and oxygen atoms in total. The number of unbranched alkanes of at least 4 members (excludes halogenated alkanes) is 3. The fourth-order valence-electron chi connectivity index (χ4n) is 1.05. The molecule has 0 aliphatic carbocycles. The summed E-state index contributed by atoms with van der Waals surface area (Å²) in [6.07, 6.45) is 8.66. The first-order chi connectivity index (χ1) is 5.31. The van der Waals surface area contributed by atoms with Crippen LogP contribution in [0.4, 0.5) is 0 Å². The van der Waals surface area contributed by atoms with Crippen LogP contribution in [0.25, 0.3) is 0 Å². The van der Waals surface area contributed by atoms with Gasteiger partial charge in [0.25, 0.3) is 0 Å². The predicted octanol–water partition coefficient (Wildman–Crippen LogP) is 2.93. The first kappa shape index (κ1) is 11.0. The molecule has 0 bridgehead atoms. The first-order valence-corrected chi connectivity index (χ1v) is 4.82. The van der Waals surface area contributed by atoms with E-state index in [0.717, 1.165) is 19.3 Å². The maximum atomic E-state index is 9.35. The smallest absolute Gasteiger partial charge is 0.0572 e. The Kier molecular flexibility index (Phi) is 8.03. The molecule has 0 rings (SSSR count). The summed E-state index contributed by atoms with van der Waals surface area (Å²) in [5.41, 5.74) is 0. The molecule has 11 heavy (non-hydrogen) atoms. The predicted molar refractivity (Wildman–Crippen MR) is 49.4 cm³/mol. The molecule has 0 aliphatic heterocycles. The highest BCUT2D eigenvalue weighted by molar-refractivity contribution is 4.74. The summed E-state index contributed by atoms with van der Waals surface area (Å²) in [5.74, 6) is 0. The van der Waals surface area contributed by atoms with Gasteiger partial charge in [-0.3, -0.25) is 0 Å². The molecule has 0 spiro atoms. The van der Waals surface area contributed by atoms with Crippen molar-refractivity contribution in [2.24, 2.45) is 0 Å². The van der Waals surface area contributed by atoms with Gasteiger partial charge >= 0.3 is 0 Å². The van der Waals surface area contributed by atoms with Gasteiger partial charge in [-0.15, -0.1) is 0 Å². The summed E-state index contributed by atoms with van der Waals surface area (Å²) in [5, 5.41) is 9.35.